The van der Waals surface area contributed by atoms with Gasteiger partial charge in [-0.25, -0.2) is 0 Å². The normalized spacial score (nSPS) is 8.62. The second-order valence-electron chi connectivity index (χ2n) is 2.50. The van der Waals surface area contributed by atoms with Gasteiger partial charge in [-0.1, -0.05) is 36.4 Å². The predicted molar refractivity (Wildman–Crippen MR) is 47.5 cm³/mol. The Bertz CT molecular complexity index is 382. The van der Waals surface area contributed by atoms with Crippen molar-refractivity contribution in [1.29, 1.82) is 0 Å². The van der Waals surface area contributed by atoms with Crippen molar-refractivity contribution in [3.05, 3.63) is 42.5 Å². The number of hydrogen-bond donors (Lipinski definition) is 1. The molecule has 2 N–H and O–H groups in total. The topological polar surface area (TPSA) is 50.2 Å². The summed E-state index contributed by atoms with van der Waals surface area (Å²) >= 11 is 0. The van der Waals surface area contributed by atoms with Crippen LogP contribution in [0.15, 0.2) is 42.5 Å². The second kappa shape index (κ2) is 5.25. The number of phenolic OH excluding ortho intramolecular Hbond substituents is 1. The van der Waals surface area contributed by atoms with E-state index in [1.54, 1.807) is 6.07 Å². The Hall–Kier alpha value is -0.540. The molecule has 0 radical (unpaired) electrons. The zero-order chi connectivity index (χ0) is 7.68. The van der Waals surface area contributed by atoms with E-state index in [2.05, 4.69) is 0 Å². The van der Waals surface area contributed by atoms with Gasteiger partial charge >= 0.3 is 29.6 Å². The minimum atomic E-state index is 0. The van der Waals surface area contributed by atoms with E-state index in [1.165, 1.54) is 0 Å². The molecule has 0 atom stereocenters. The molecule has 2 nitrogen and oxygen atoms in total. The largest absolute Gasteiger partial charge is 1.00 e. The van der Waals surface area contributed by atoms with Gasteiger partial charge in [-0.3, -0.25) is 0 Å². The van der Waals surface area contributed by atoms with E-state index in [1.807, 2.05) is 36.4 Å². The summed E-state index contributed by atoms with van der Waals surface area (Å²) in [6, 6.07) is 13.3. The summed E-state index contributed by atoms with van der Waals surface area (Å²) in [4.78, 5) is 0. The Morgan fingerprint density at radius 2 is 1.46 bits per heavy atom. The van der Waals surface area contributed by atoms with Crippen LogP contribution in [0, 0.1) is 0 Å². The van der Waals surface area contributed by atoms with Gasteiger partial charge in [0.15, 0.2) is 0 Å². The second-order valence-corrected chi connectivity index (χ2v) is 2.50. The third kappa shape index (κ3) is 2.45. The number of phenols is 1. The number of fused-ring (bicyclic) bond motifs is 1. The van der Waals surface area contributed by atoms with Crippen LogP contribution in [0.3, 0.4) is 0 Å². The minimum absolute atomic E-state index is 0. The van der Waals surface area contributed by atoms with E-state index in [9.17, 15) is 5.11 Å². The summed E-state index contributed by atoms with van der Waals surface area (Å²) in [7, 11) is 0. The standard InChI is InChI=1S/C10H8O.Na.H2O/c11-10-7-3-5-8-4-1-2-6-9(8)10;;/h1-7,11H;;1H2/q;+1;/p-1. The molecule has 0 heterocycles. The summed E-state index contributed by atoms with van der Waals surface area (Å²) in [5, 5.41) is 11.4. The SMILES string of the molecule is Oc1cccc2ccccc12.[Na+].[OH-]. The molecule has 0 saturated carbocycles. The molecule has 3 heteroatoms. The van der Waals surface area contributed by atoms with Crippen molar-refractivity contribution in [2.24, 2.45) is 0 Å². The maximum atomic E-state index is 9.37. The number of aromatic hydroxyl groups is 1. The fraction of sp³-hybridized carbons (Fsp3) is 0. The monoisotopic (exact) mass is 184 g/mol. The zero-order valence-electron chi connectivity index (χ0n) is 7.44. The summed E-state index contributed by atoms with van der Waals surface area (Å²) in [5.41, 5.74) is 0. The molecule has 2 aromatic carbocycles. The Morgan fingerprint density at radius 3 is 2.15 bits per heavy atom. The number of rotatable bonds is 0. The summed E-state index contributed by atoms with van der Waals surface area (Å²) in [6.07, 6.45) is 0. The molecule has 0 aromatic heterocycles. The fourth-order valence-electron chi connectivity index (χ4n) is 1.21. The van der Waals surface area contributed by atoms with E-state index in [0.29, 0.717) is 5.75 Å². The first-order valence-corrected chi connectivity index (χ1v) is 3.54. The van der Waals surface area contributed by atoms with Crippen LogP contribution in [0.4, 0.5) is 0 Å². The van der Waals surface area contributed by atoms with Crippen LogP contribution in [-0.2, 0) is 0 Å². The van der Waals surface area contributed by atoms with Gasteiger partial charge in [0.2, 0.25) is 0 Å². The first-order chi connectivity index (χ1) is 5.38. The fourth-order valence-corrected chi connectivity index (χ4v) is 1.21. The minimum Gasteiger partial charge on any atom is -0.870 e. The maximum Gasteiger partial charge on any atom is 1.00 e. The third-order valence-corrected chi connectivity index (χ3v) is 1.77. The third-order valence-electron chi connectivity index (χ3n) is 1.77. The van der Waals surface area contributed by atoms with E-state index < -0.39 is 0 Å². The number of benzene rings is 2. The summed E-state index contributed by atoms with van der Waals surface area (Å²) < 4.78 is 0. The van der Waals surface area contributed by atoms with Crippen LogP contribution >= 0.6 is 0 Å². The first-order valence-electron chi connectivity index (χ1n) is 3.54. The molecule has 0 unspecified atom stereocenters. The van der Waals surface area contributed by atoms with Gasteiger partial charge in [0, 0.05) is 5.39 Å². The molecule has 0 amide bonds. The molecule has 0 fully saturated rings. The average Bonchev–Trinajstić information content (AvgIpc) is 2.06. The van der Waals surface area contributed by atoms with Crippen molar-refractivity contribution in [1.82, 2.24) is 0 Å². The van der Waals surface area contributed by atoms with Crippen molar-refractivity contribution >= 4 is 10.8 Å². The van der Waals surface area contributed by atoms with Gasteiger partial charge in [0.25, 0.3) is 0 Å². The Labute approximate surface area is 98.8 Å². The van der Waals surface area contributed by atoms with Gasteiger partial charge < -0.3 is 10.6 Å². The van der Waals surface area contributed by atoms with Gasteiger partial charge in [-0.05, 0) is 11.5 Å². The number of hydrogen-bond acceptors (Lipinski definition) is 2. The van der Waals surface area contributed by atoms with Gasteiger partial charge in [-0.15, -0.1) is 0 Å². The van der Waals surface area contributed by atoms with Crippen LogP contribution in [0.5, 0.6) is 5.75 Å². The molecule has 2 rings (SSSR count). The van der Waals surface area contributed by atoms with Crippen LogP contribution in [0.25, 0.3) is 10.8 Å². The predicted octanol–water partition coefficient (Wildman–Crippen LogP) is -0.627. The first kappa shape index (κ1) is 12.5. The van der Waals surface area contributed by atoms with Gasteiger partial charge in [0.05, 0.1) is 0 Å². The molecular formula is C10H9NaO2. The quantitative estimate of drug-likeness (QED) is 0.554. The van der Waals surface area contributed by atoms with E-state index in [4.69, 9.17) is 0 Å². The maximum absolute atomic E-state index is 9.37. The molecule has 0 bridgehead atoms. The Kier molecular flexibility index (Phi) is 5.03. The molecule has 0 aliphatic rings. The zero-order valence-corrected chi connectivity index (χ0v) is 9.44. The van der Waals surface area contributed by atoms with Crippen LogP contribution in [-0.4, -0.2) is 10.6 Å². The van der Waals surface area contributed by atoms with E-state index >= 15 is 0 Å². The van der Waals surface area contributed by atoms with Crippen molar-refractivity contribution < 1.29 is 40.1 Å². The van der Waals surface area contributed by atoms with E-state index in [0.717, 1.165) is 10.8 Å². The van der Waals surface area contributed by atoms with Crippen LogP contribution < -0.4 is 29.6 Å². The molecule has 2 aromatic rings. The summed E-state index contributed by atoms with van der Waals surface area (Å²) in [5.74, 6) is 0.350. The van der Waals surface area contributed by atoms with Crippen LogP contribution in [0.2, 0.25) is 0 Å². The van der Waals surface area contributed by atoms with Gasteiger partial charge in [-0.2, -0.15) is 0 Å². The molecule has 0 aliphatic carbocycles. The smallest absolute Gasteiger partial charge is 0.870 e. The van der Waals surface area contributed by atoms with Crippen molar-refractivity contribution in [2.75, 3.05) is 0 Å². The molecule has 0 saturated heterocycles. The molecule has 0 spiro atoms. The van der Waals surface area contributed by atoms with Crippen molar-refractivity contribution in [3.8, 4) is 5.75 Å². The van der Waals surface area contributed by atoms with Crippen molar-refractivity contribution in [2.45, 2.75) is 0 Å². The average molecular weight is 184 g/mol. The van der Waals surface area contributed by atoms with Gasteiger partial charge in [0.1, 0.15) is 5.75 Å². The summed E-state index contributed by atoms with van der Waals surface area (Å²) in [6.45, 7) is 0. The van der Waals surface area contributed by atoms with E-state index in [-0.39, 0.29) is 35.0 Å². The molecular weight excluding hydrogens is 175 g/mol. The Balaban J connectivity index is 0.000000720. The molecule has 62 valence electrons. The van der Waals surface area contributed by atoms with Crippen LogP contribution in [0.1, 0.15) is 0 Å². The molecule has 13 heavy (non-hydrogen) atoms. The van der Waals surface area contributed by atoms with Crippen molar-refractivity contribution in [3.63, 3.8) is 0 Å². The molecule has 0 aliphatic heterocycles. The Morgan fingerprint density at radius 1 is 0.846 bits per heavy atom.